The summed E-state index contributed by atoms with van der Waals surface area (Å²) >= 11 is 0. The Hall–Kier alpha value is -2.04. The van der Waals surface area contributed by atoms with E-state index >= 15 is 0 Å². The zero-order valence-electron chi connectivity index (χ0n) is 9.43. The molecule has 5 heteroatoms. The maximum Gasteiger partial charge on any atom is 0.337 e. The minimum atomic E-state index is -0.470. The van der Waals surface area contributed by atoms with E-state index in [-0.39, 0.29) is 5.91 Å². The van der Waals surface area contributed by atoms with E-state index in [0.29, 0.717) is 24.3 Å². The Bertz CT molecular complexity index is 444. The average molecular weight is 235 g/mol. The highest BCUT2D eigenvalue weighted by atomic mass is 16.5. The molecule has 1 saturated heterocycles. The second-order valence-electron chi connectivity index (χ2n) is 3.71. The number of rotatable bonds is 3. The van der Waals surface area contributed by atoms with E-state index in [4.69, 9.17) is 4.74 Å². The third kappa shape index (κ3) is 2.55. The molecular formula is C12H13NO4. The van der Waals surface area contributed by atoms with Crippen molar-refractivity contribution in [2.24, 2.45) is 0 Å². The lowest BCUT2D eigenvalue weighted by molar-refractivity contribution is -0.124. The zero-order chi connectivity index (χ0) is 12.3. The zero-order valence-corrected chi connectivity index (χ0v) is 9.43. The van der Waals surface area contributed by atoms with Gasteiger partial charge in [0.25, 0.3) is 5.91 Å². The van der Waals surface area contributed by atoms with E-state index in [0.717, 1.165) is 0 Å². The number of benzene rings is 1. The fraction of sp³-hybridized carbons (Fsp3) is 0.333. The molecule has 0 saturated carbocycles. The topological polar surface area (TPSA) is 64.6 Å². The van der Waals surface area contributed by atoms with E-state index < -0.39 is 12.1 Å². The average Bonchev–Trinajstić information content (AvgIpc) is 2.74. The Balaban J connectivity index is 2.11. The molecular weight excluding hydrogens is 222 g/mol. The minimum absolute atomic E-state index is 0.117. The van der Waals surface area contributed by atoms with Crippen LogP contribution in [0.3, 0.4) is 0 Å². The highest BCUT2D eigenvalue weighted by molar-refractivity contribution is 5.89. The molecule has 1 aromatic carbocycles. The number of carbonyl (C=O) groups excluding carboxylic acids is 2. The summed E-state index contributed by atoms with van der Waals surface area (Å²) in [6.07, 6.45) is 0.171. The molecule has 1 fully saturated rings. The third-order valence-electron chi connectivity index (χ3n) is 2.53. The van der Waals surface area contributed by atoms with Crippen molar-refractivity contribution in [3.05, 3.63) is 29.8 Å². The number of esters is 1. The number of nitrogens with one attached hydrogen (secondary N) is 1. The van der Waals surface area contributed by atoms with Crippen LogP contribution in [0.25, 0.3) is 0 Å². The van der Waals surface area contributed by atoms with Crippen LogP contribution in [-0.4, -0.2) is 31.6 Å². The quantitative estimate of drug-likeness (QED) is 0.785. The summed E-state index contributed by atoms with van der Waals surface area (Å²) in [4.78, 5) is 22.6. The highest BCUT2D eigenvalue weighted by Crippen LogP contribution is 2.17. The van der Waals surface area contributed by atoms with Gasteiger partial charge in [-0.05, 0) is 18.2 Å². The van der Waals surface area contributed by atoms with E-state index in [1.54, 1.807) is 24.3 Å². The lowest BCUT2D eigenvalue weighted by atomic mass is 10.2. The molecule has 0 bridgehead atoms. The van der Waals surface area contributed by atoms with Gasteiger partial charge in [0.2, 0.25) is 0 Å². The Morgan fingerprint density at radius 2 is 2.29 bits per heavy atom. The largest absolute Gasteiger partial charge is 0.481 e. The van der Waals surface area contributed by atoms with Crippen molar-refractivity contribution in [2.45, 2.75) is 12.5 Å². The number of methoxy groups -OCH3 is 1. The molecule has 1 atom stereocenters. The van der Waals surface area contributed by atoms with Crippen LogP contribution in [0, 0.1) is 0 Å². The van der Waals surface area contributed by atoms with Crippen LogP contribution in [0.2, 0.25) is 0 Å². The fourth-order valence-electron chi connectivity index (χ4n) is 1.66. The van der Waals surface area contributed by atoms with E-state index in [2.05, 4.69) is 10.1 Å². The predicted octanol–water partition coefficient (Wildman–Crippen LogP) is 0.740. The SMILES string of the molecule is COC(=O)c1cccc(OC2CCNC2=O)c1. The number of amides is 1. The molecule has 1 unspecified atom stereocenters. The summed E-state index contributed by atoms with van der Waals surface area (Å²) in [5, 5.41) is 2.68. The number of hydrogen-bond acceptors (Lipinski definition) is 4. The van der Waals surface area contributed by atoms with Gasteiger partial charge in [0.05, 0.1) is 12.7 Å². The highest BCUT2D eigenvalue weighted by Gasteiger charge is 2.25. The Morgan fingerprint density at radius 1 is 1.47 bits per heavy atom. The molecule has 0 aromatic heterocycles. The summed E-state index contributed by atoms with van der Waals surface area (Å²) < 4.78 is 10.1. The second kappa shape index (κ2) is 4.86. The summed E-state index contributed by atoms with van der Waals surface area (Å²) in [5.74, 6) is -0.0465. The molecule has 1 amide bonds. The van der Waals surface area contributed by atoms with Gasteiger partial charge in [-0.2, -0.15) is 0 Å². The number of hydrogen-bond donors (Lipinski definition) is 1. The number of ether oxygens (including phenoxy) is 2. The van der Waals surface area contributed by atoms with Gasteiger partial charge in [-0.25, -0.2) is 4.79 Å². The van der Waals surface area contributed by atoms with Gasteiger partial charge in [-0.15, -0.1) is 0 Å². The Labute approximate surface area is 98.7 Å². The molecule has 0 spiro atoms. The van der Waals surface area contributed by atoms with E-state index in [9.17, 15) is 9.59 Å². The summed E-state index contributed by atoms with van der Waals surface area (Å²) in [7, 11) is 1.32. The standard InChI is InChI=1S/C12H13NO4/c1-16-12(15)8-3-2-4-9(7-8)17-10-5-6-13-11(10)14/h2-4,7,10H,5-6H2,1H3,(H,13,14). The van der Waals surface area contributed by atoms with Gasteiger partial charge >= 0.3 is 5.97 Å². The van der Waals surface area contributed by atoms with Crippen LogP contribution in [0.5, 0.6) is 5.75 Å². The molecule has 1 N–H and O–H groups in total. The van der Waals surface area contributed by atoms with Crippen molar-refractivity contribution in [3.8, 4) is 5.75 Å². The lowest BCUT2D eigenvalue weighted by Crippen LogP contribution is -2.27. The molecule has 0 radical (unpaired) electrons. The van der Waals surface area contributed by atoms with Gasteiger partial charge in [-0.1, -0.05) is 6.07 Å². The van der Waals surface area contributed by atoms with Crippen molar-refractivity contribution in [2.75, 3.05) is 13.7 Å². The minimum Gasteiger partial charge on any atom is -0.481 e. The second-order valence-corrected chi connectivity index (χ2v) is 3.71. The maximum atomic E-state index is 11.3. The van der Waals surface area contributed by atoms with Gasteiger partial charge in [0.15, 0.2) is 6.10 Å². The lowest BCUT2D eigenvalue weighted by Gasteiger charge is -2.11. The Kier molecular flexibility index (Phi) is 3.27. The molecule has 90 valence electrons. The maximum absolute atomic E-state index is 11.3. The normalized spacial score (nSPS) is 18.6. The van der Waals surface area contributed by atoms with Crippen LogP contribution in [0.1, 0.15) is 16.8 Å². The molecule has 1 aromatic rings. The van der Waals surface area contributed by atoms with Gasteiger partial charge in [0.1, 0.15) is 5.75 Å². The fourth-order valence-corrected chi connectivity index (χ4v) is 1.66. The first-order valence-corrected chi connectivity index (χ1v) is 5.33. The summed E-state index contributed by atoms with van der Waals surface area (Å²) in [5.41, 5.74) is 0.406. The third-order valence-corrected chi connectivity index (χ3v) is 2.53. The van der Waals surface area contributed by atoms with Crippen molar-refractivity contribution in [1.82, 2.24) is 5.32 Å². The van der Waals surface area contributed by atoms with Crippen LogP contribution in [0.4, 0.5) is 0 Å². The number of carbonyl (C=O) groups is 2. The van der Waals surface area contributed by atoms with Crippen molar-refractivity contribution in [1.29, 1.82) is 0 Å². The molecule has 1 aliphatic heterocycles. The van der Waals surface area contributed by atoms with Gasteiger partial charge in [-0.3, -0.25) is 4.79 Å². The Morgan fingerprint density at radius 3 is 2.94 bits per heavy atom. The molecule has 0 aliphatic carbocycles. The van der Waals surface area contributed by atoms with Crippen LogP contribution < -0.4 is 10.1 Å². The van der Waals surface area contributed by atoms with Gasteiger partial charge < -0.3 is 14.8 Å². The van der Waals surface area contributed by atoms with Crippen LogP contribution in [0.15, 0.2) is 24.3 Å². The van der Waals surface area contributed by atoms with Crippen molar-refractivity contribution >= 4 is 11.9 Å². The van der Waals surface area contributed by atoms with E-state index in [1.807, 2.05) is 0 Å². The first kappa shape index (κ1) is 11.4. The predicted molar refractivity (Wildman–Crippen MR) is 59.8 cm³/mol. The van der Waals surface area contributed by atoms with Gasteiger partial charge in [0, 0.05) is 13.0 Å². The van der Waals surface area contributed by atoms with Crippen molar-refractivity contribution < 1.29 is 19.1 Å². The first-order valence-electron chi connectivity index (χ1n) is 5.33. The molecule has 17 heavy (non-hydrogen) atoms. The molecule has 1 aliphatic rings. The molecule has 5 nitrogen and oxygen atoms in total. The van der Waals surface area contributed by atoms with Crippen LogP contribution >= 0.6 is 0 Å². The molecule has 2 rings (SSSR count). The smallest absolute Gasteiger partial charge is 0.337 e. The van der Waals surface area contributed by atoms with Crippen molar-refractivity contribution in [3.63, 3.8) is 0 Å². The first-order chi connectivity index (χ1) is 8.20. The molecule has 1 heterocycles. The van der Waals surface area contributed by atoms with Crippen LogP contribution in [-0.2, 0) is 9.53 Å². The van der Waals surface area contributed by atoms with E-state index in [1.165, 1.54) is 7.11 Å². The monoisotopic (exact) mass is 235 g/mol. The summed E-state index contributed by atoms with van der Waals surface area (Å²) in [6, 6.07) is 6.59. The summed E-state index contributed by atoms with van der Waals surface area (Å²) in [6.45, 7) is 0.625.